The molecule has 6 heteroatoms. The van der Waals surface area contributed by atoms with Crippen LogP contribution in [0.1, 0.15) is 30.7 Å². The second-order valence-electron chi connectivity index (χ2n) is 6.39. The number of anilines is 1. The molecular formula is C21H26N2O3S. The first-order valence-corrected chi connectivity index (χ1v) is 10.0. The summed E-state index contributed by atoms with van der Waals surface area (Å²) in [6.07, 6.45) is 2.03. The van der Waals surface area contributed by atoms with Crippen molar-refractivity contribution in [3.05, 3.63) is 48.0 Å². The van der Waals surface area contributed by atoms with Crippen LogP contribution in [0.25, 0.3) is 0 Å². The van der Waals surface area contributed by atoms with Gasteiger partial charge in [-0.15, -0.1) is 0 Å². The minimum atomic E-state index is -0.165. The molecule has 1 atom stereocenters. The first-order valence-electron chi connectivity index (χ1n) is 9.16. The number of methoxy groups -OCH3 is 1. The number of carbonyl (C=O) groups excluding carboxylic acids is 1. The third-order valence-electron chi connectivity index (χ3n) is 4.50. The summed E-state index contributed by atoms with van der Waals surface area (Å²) in [5.74, 6) is 1.57. The molecule has 1 heterocycles. The number of carbonyl (C=O) groups is 1. The average Bonchev–Trinajstić information content (AvgIpc) is 3.07. The zero-order chi connectivity index (χ0) is 19.2. The highest BCUT2D eigenvalue weighted by Crippen LogP contribution is 2.53. The Morgan fingerprint density at radius 3 is 2.78 bits per heavy atom. The van der Waals surface area contributed by atoms with Crippen LogP contribution in [0, 0.1) is 0 Å². The second-order valence-corrected chi connectivity index (χ2v) is 7.51. The van der Waals surface area contributed by atoms with Gasteiger partial charge in [0.2, 0.25) is 5.91 Å². The fourth-order valence-electron chi connectivity index (χ4n) is 3.16. The summed E-state index contributed by atoms with van der Waals surface area (Å²) >= 11 is 1.67. The Morgan fingerprint density at radius 2 is 2.04 bits per heavy atom. The zero-order valence-corrected chi connectivity index (χ0v) is 16.8. The fraction of sp³-hybridized carbons (Fsp3) is 0.381. The summed E-state index contributed by atoms with van der Waals surface area (Å²) in [5.41, 5.74) is 1.90. The number of hydrogen-bond donors (Lipinski definition) is 1. The summed E-state index contributed by atoms with van der Waals surface area (Å²) in [4.78, 5) is 15.4. The Labute approximate surface area is 165 Å². The number of ether oxygens (including phenoxy) is 2. The topological polar surface area (TPSA) is 50.8 Å². The lowest BCUT2D eigenvalue weighted by atomic mass is 10.1. The maximum absolute atomic E-state index is 12.4. The number of unbranched alkanes of at least 4 members (excludes halogenated alkanes) is 1. The SMILES string of the molecule is CNCCCCOc1ccc(OC)cc1C1Sc2ccccc2N1C(C)=O. The van der Waals surface area contributed by atoms with Crippen LogP contribution in [-0.4, -0.2) is 33.2 Å². The first kappa shape index (κ1) is 19.6. The van der Waals surface area contributed by atoms with Crippen molar-refractivity contribution < 1.29 is 14.3 Å². The van der Waals surface area contributed by atoms with Gasteiger partial charge in [-0.05, 0) is 56.8 Å². The van der Waals surface area contributed by atoms with Crippen LogP contribution in [0.2, 0.25) is 0 Å². The van der Waals surface area contributed by atoms with Gasteiger partial charge in [-0.25, -0.2) is 0 Å². The van der Waals surface area contributed by atoms with Gasteiger partial charge in [0.25, 0.3) is 0 Å². The van der Waals surface area contributed by atoms with Gasteiger partial charge in [-0.1, -0.05) is 23.9 Å². The number of benzene rings is 2. The van der Waals surface area contributed by atoms with Gasteiger partial charge >= 0.3 is 0 Å². The molecule has 144 valence electrons. The van der Waals surface area contributed by atoms with Crippen molar-refractivity contribution in [1.82, 2.24) is 5.32 Å². The quantitative estimate of drug-likeness (QED) is 0.688. The molecule has 0 spiro atoms. The summed E-state index contributed by atoms with van der Waals surface area (Å²) in [6, 6.07) is 13.8. The van der Waals surface area contributed by atoms with E-state index in [9.17, 15) is 4.79 Å². The Balaban J connectivity index is 1.88. The summed E-state index contributed by atoms with van der Waals surface area (Å²) in [6.45, 7) is 3.23. The number of thioether (sulfide) groups is 1. The zero-order valence-electron chi connectivity index (χ0n) is 16.0. The molecule has 5 nitrogen and oxygen atoms in total. The van der Waals surface area contributed by atoms with Crippen LogP contribution in [0.3, 0.4) is 0 Å². The van der Waals surface area contributed by atoms with Gasteiger partial charge in [-0.2, -0.15) is 0 Å². The van der Waals surface area contributed by atoms with E-state index in [4.69, 9.17) is 9.47 Å². The van der Waals surface area contributed by atoms with Gasteiger partial charge in [0, 0.05) is 17.4 Å². The summed E-state index contributed by atoms with van der Waals surface area (Å²) in [7, 11) is 3.60. The van der Waals surface area contributed by atoms with Crippen molar-refractivity contribution in [1.29, 1.82) is 0 Å². The lowest BCUT2D eigenvalue weighted by Crippen LogP contribution is -2.28. The third-order valence-corrected chi connectivity index (χ3v) is 5.79. The predicted molar refractivity (Wildman–Crippen MR) is 110 cm³/mol. The highest BCUT2D eigenvalue weighted by atomic mass is 32.2. The lowest BCUT2D eigenvalue weighted by molar-refractivity contribution is -0.116. The Kier molecular flexibility index (Phi) is 6.63. The smallest absolute Gasteiger partial charge is 0.225 e. The molecule has 2 aromatic carbocycles. The number of hydrogen-bond acceptors (Lipinski definition) is 5. The molecule has 0 radical (unpaired) electrons. The number of nitrogens with zero attached hydrogens (tertiary/aromatic N) is 1. The molecule has 27 heavy (non-hydrogen) atoms. The van der Waals surface area contributed by atoms with Gasteiger partial charge < -0.3 is 14.8 Å². The normalized spacial score (nSPS) is 15.5. The highest BCUT2D eigenvalue weighted by Gasteiger charge is 2.35. The van der Waals surface area contributed by atoms with Gasteiger partial charge in [-0.3, -0.25) is 9.69 Å². The van der Waals surface area contributed by atoms with Crippen molar-refractivity contribution in [2.75, 3.05) is 32.2 Å². The molecule has 0 bridgehead atoms. The molecular weight excluding hydrogens is 360 g/mol. The number of rotatable bonds is 8. The third kappa shape index (κ3) is 4.39. The maximum Gasteiger partial charge on any atom is 0.225 e. The molecule has 1 unspecified atom stereocenters. The number of fused-ring (bicyclic) bond motifs is 1. The fourth-order valence-corrected chi connectivity index (χ4v) is 4.52. The van der Waals surface area contributed by atoms with Gasteiger partial charge in [0.05, 0.1) is 19.4 Å². The minimum Gasteiger partial charge on any atom is -0.497 e. The molecule has 0 aliphatic carbocycles. The molecule has 3 rings (SSSR count). The molecule has 1 N–H and O–H groups in total. The van der Waals surface area contributed by atoms with Crippen molar-refractivity contribution >= 4 is 23.4 Å². The van der Waals surface area contributed by atoms with E-state index >= 15 is 0 Å². The molecule has 1 aliphatic rings. The molecule has 0 saturated carbocycles. The van der Waals surface area contributed by atoms with Crippen LogP contribution in [-0.2, 0) is 4.79 Å². The largest absolute Gasteiger partial charge is 0.497 e. The average molecular weight is 387 g/mol. The molecule has 0 aromatic heterocycles. The Hall–Kier alpha value is -2.18. The highest BCUT2D eigenvalue weighted by molar-refractivity contribution is 8.00. The number of amides is 1. The Morgan fingerprint density at radius 1 is 1.22 bits per heavy atom. The van der Waals surface area contributed by atoms with Crippen molar-refractivity contribution in [2.45, 2.75) is 30.0 Å². The standard InChI is InChI=1S/C21H26N2O3S/c1-15(24)23-18-8-4-5-9-20(18)27-21(23)17-14-16(25-3)10-11-19(17)26-13-7-6-12-22-2/h4-5,8-11,14,21-22H,6-7,12-13H2,1-3H3. The van der Waals surface area contributed by atoms with Gasteiger partial charge in [0.1, 0.15) is 16.9 Å². The van der Waals surface area contributed by atoms with Crippen molar-refractivity contribution in [2.24, 2.45) is 0 Å². The van der Waals surface area contributed by atoms with Crippen LogP contribution < -0.4 is 19.7 Å². The first-order chi connectivity index (χ1) is 13.2. The predicted octanol–water partition coefficient (Wildman–Crippen LogP) is 4.23. The van der Waals surface area contributed by atoms with E-state index in [0.29, 0.717) is 6.61 Å². The minimum absolute atomic E-state index is 0.0141. The summed E-state index contributed by atoms with van der Waals surface area (Å²) < 4.78 is 11.5. The van der Waals surface area contributed by atoms with E-state index in [2.05, 4.69) is 5.32 Å². The van der Waals surface area contributed by atoms with E-state index in [-0.39, 0.29) is 11.3 Å². The van der Waals surface area contributed by atoms with E-state index < -0.39 is 0 Å². The lowest BCUT2D eigenvalue weighted by Gasteiger charge is -2.25. The van der Waals surface area contributed by atoms with Crippen LogP contribution in [0.5, 0.6) is 11.5 Å². The van der Waals surface area contributed by atoms with E-state index in [1.54, 1.807) is 25.8 Å². The molecule has 0 fully saturated rings. The summed E-state index contributed by atoms with van der Waals surface area (Å²) in [5, 5.41) is 2.98. The van der Waals surface area contributed by atoms with Crippen molar-refractivity contribution in [3.63, 3.8) is 0 Å². The molecule has 1 amide bonds. The Bertz CT molecular complexity index is 797. The van der Waals surface area contributed by atoms with E-state index in [1.807, 2.05) is 54.4 Å². The molecule has 1 aliphatic heterocycles. The molecule has 0 saturated heterocycles. The van der Waals surface area contributed by atoms with E-state index in [0.717, 1.165) is 47.0 Å². The molecule has 2 aromatic rings. The van der Waals surface area contributed by atoms with Gasteiger partial charge in [0.15, 0.2) is 0 Å². The van der Waals surface area contributed by atoms with Crippen LogP contribution in [0.15, 0.2) is 47.4 Å². The van der Waals surface area contributed by atoms with Crippen LogP contribution in [0.4, 0.5) is 5.69 Å². The van der Waals surface area contributed by atoms with Crippen LogP contribution >= 0.6 is 11.8 Å². The monoisotopic (exact) mass is 386 g/mol. The second kappa shape index (κ2) is 9.15. The number of nitrogens with one attached hydrogen (secondary N) is 1. The maximum atomic E-state index is 12.4. The van der Waals surface area contributed by atoms with Crippen molar-refractivity contribution in [3.8, 4) is 11.5 Å². The van der Waals surface area contributed by atoms with E-state index in [1.165, 1.54) is 0 Å². The number of para-hydroxylation sites is 1.